The molecule has 0 spiro atoms. The molecule has 12 nitrogen and oxygen atoms in total. The molecule has 0 aliphatic carbocycles. The molecule has 7 rings (SSSR count). The van der Waals surface area contributed by atoms with Gasteiger partial charge in [0.05, 0.1) is 34.1 Å². The minimum absolute atomic E-state index is 0.0342. The van der Waals surface area contributed by atoms with Gasteiger partial charge in [0.2, 0.25) is 17.7 Å². The Labute approximate surface area is 306 Å². The predicted octanol–water partition coefficient (Wildman–Crippen LogP) is 5.75. The number of hydrogen-bond donors (Lipinski definition) is 2. The number of likely N-dealkylation sites (tertiary alicyclic amines) is 1. The lowest BCUT2D eigenvalue weighted by atomic mass is 10.0. The molecule has 1 atom stereocenters. The van der Waals surface area contributed by atoms with Gasteiger partial charge >= 0.3 is 0 Å². The normalized spacial score (nSPS) is 17.8. The number of carbonyl (C=O) groups is 4. The van der Waals surface area contributed by atoms with Crippen molar-refractivity contribution in [2.24, 2.45) is 0 Å². The van der Waals surface area contributed by atoms with Crippen molar-refractivity contribution in [1.82, 2.24) is 25.1 Å². The van der Waals surface area contributed by atoms with E-state index in [-0.39, 0.29) is 64.7 Å². The number of rotatable bonds is 9. The maximum absolute atomic E-state index is 14.8. The van der Waals surface area contributed by atoms with Crippen LogP contribution in [0, 0.1) is 5.82 Å². The van der Waals surface area contributed by atoms with Gasteiger partial charge in [-0.05, 0) is 42.3 Å². The van der Waals surface area contributed by atoms with E-state index < -0.39 is 17.8 Å². The molecule has 2 saturated heterocycles. The van der Waals surface area contributed by atoms with Crippen molar-refractivity contribution in [3.8, 4) is 11.5 Å². The summed E-state index contributed by atoms with van der Waals surface area (Å²) >= 11 is 13.3. The lowest BCUT2D eigenvalue weighted by Crippen LogP contribution is -2.52. The summed E-state index contributed by atoms with van der Waals surface area (Å²) in [6, 6.07) is 11.1. The van der Waals surface area contributed by atoms with E-state index >= 15 is 0 Å². The van der Waals surface area contributed by atoms with Crippen LogP contribution in [0.4, 0.5) is 15.9 Å². The number of nitrogens with one attached hydrogen (secondary N) is 2. The summed E-state index contributed by atoms with van der Waals surface area (Å²) in [7, 11) is 1.53. The number of carbonyl (C=O) groups excluding carboxylic acids is 4. The van der Waals surface area contributed by atoms with Crippen molar-refractivity contribution in [3.05, 3.63) is 75.8 Å². The third-order valence-electron chi connectivity index (χ3n) is 9.19. The van der Waals surface area contributed by atoms with Gasteiger partial charge in [0.15, 0.2) is 17.3 Å². The topological polar surface area (TPSA) is 143 Å². The third kappa shape index (κ3) is 7.00. The minimum atomic E-state index is -0.708. The van der Waals surface area contributed by atoms with Gasteiger partial charge in [0.25, 0.3) is 5.91 Å². The molecular weight excluding hydrogens is 722 g/mol. The molecule has 51 heavy (non-hydrogen) atoms. The molecule has 4 heterocycles. The van der Waals surface area contributed by atoms with E-state index in [1.54, 1.807) is 29.2 Å². The van der Waals surface area contributed by atoms with Gasteiger partial charge in [-0.25, -0.2) is 14.4 Å². The highest BCUT2D eigenvalue weighted by atomic mass is 35.5. The summed E-state index contributed by atoms with van der Waals surface area (Å²) in [6.07, 6.45) is 2.78. The second-order valence-corrected chi connectivity index (χ2v) is 14.1. The molecule has 3 aliphatic rings. The average Bonchev–Trinajstić information content (AvgIpc) is 3.47. The van der Waals surface area contributed by atoms with Crippen LogP contribution in [-0.2, 0) is 20.9 Å². The first-order valence-corrected chi connectivity index (χ1v) is 17.9. The van der Waals surface area contributed by atoms with Crippen molar-refractivity contribution < 1.29 is 33.0 Å². The van der Waals surface area contributed by atoms with Crippen molar-refractivity contribution in [1.29, 1.82) is 0 Å². The van der Waals surface area contributed by atoms with Crippen LogP contribution in [0.3, 0.4) is 0 Å². The summed E-state index contributed by atoms with van der Waals surface area (Å²) in [5.74, 6) is -0.356. The zero-order valence-corrected chi connectivity index (χ0v) is 29.5. The summed E-state index contributed by atoms with van der Waals surface area (Å²) in [6.45, 7) is 1.22. The molecular formula is C35H31Cl2FN6O6S. The van der Waals surface area contributed by atoms with Crippen LogP contribution in [-0.4, -0.2) is 81.5 Å². The fourth-order valence-corrected chi connectivity index (χ4v) is 7.79. The Morgan fingerprint density at radius 1 is 1.08 bits per heavy atom. The molecule has 0 bridgehead atoms. The molecule has 16 heteroatoms. The van der Waals surface area contributed by atoms with Gasteiger partial charge in [0.1, 0.15) is 24.3 Å². The fourth-order valence-electron chi connectivity index (χ4n) is 6.49. The van der Waals surface area contributed by atoms with E-state index in [1.807, 2.05) is 6.07 Å². The van der Waals surface area contributed by atoms with Gasteiger partial charge < -0.3 is 24.6 Å². The van der Waals surface area contributed by atoms with Gasteiger partial charge in [-0.2, -0.15) is 0 Å². The lowest BCUT2D eigenvalue weighted by Gasteiger charge is -2.32. The number of nitrogens with zero attached hydrogens (tertiary/aromatic N) is 4. The van der Waals surface area contributed by atoms with E-state index in [4.69, 9.17) is 32.7 Å². The highest BCUT2D eigenvalue weighted by Crippen LogP contribution is 2.38. The van der Waals surface area contributed by atoms with Crippen LogP contribution in [0.2, 0.25) is 10.0 Å². The molecule has 4 aromatic rings. The Balaban J connectivity index is 0.977. The number of aromatic nitrogens is 2. The molecule has 1 unspecified atom stereocenters. The van der Waals surface area contributed by atoms with E-state index in [1.165, 1.54) is 42.2 Å². The molecule has 264 valence electrons. The van der Waals surface area contributed by atoms with Crippen LogP contribution in [0.25, 0.3) is 10.9 Å². The molecule has 1 aromatic heterocycles. The molecule has 4 amide bonds. The monoisotopic (exact) mass is 752 g/mol. The first kappa shape index (κ1) is 34.8. The molecule has 3 aliphatic heterocycles. The molecule has 0 radical (unpaired) electrons. The quantitative estimate of drug-likeness (QED) is 0.123. The average molecular weight is 754 g/mol. The summed E-state index contributed by atoms with van der Waals surface area (Å²) < 4.78 is 26.8. The Morgan fingerprint density at radius 2 is 1.88 bits per heavy atom. The van der Waals surface area contributed by atoms with Crippen molar-refractivity contribution in [2.45, 2.75) is 49.3 Å². The maximum Gasteiger partial charge on any atom is 0.255 e. The number of amides is 4. The summed E-state index contributed by atoms with van der Waals surface area (Å²) in [5.41, 5.74) is 1.94. The third-order valence-corrected chi connectivity index (χ3v) is 11.1. The Kier molecular flexibility index (Phi) is 9.90. The number of imide groups is 1. The molecule has 2 N–H and O–H groups in total. The van der Waals surface area contributed by atoms with Crippen molar-refractivity contribution in [2.75, 3.05) is 31.3 Å². The molecule has 3 aromatic carbocycles. The maximum atomic E-state index is 14.8. The SMILES string of the molecule is COc1cc2ncnc(Nc3ccc(Cl)c(Cl)c3F)c2cc1OC1CCN(C(=O)CSc2cccc3c2CN(C2CCC(=O)NC2=O)C3=O)CC1. The first-order valence-electron chi connectivity index (χ1n) is 16.2. The Bertz CT molecular complexity index is 2080. The number of halogens is 3. The van der Waals surface area contributed by atoms with Gasteiger partial charge in [0, 0.05) is 60.8 Å². The van der Waals surface area contributed by atoms with Crippen LogP contribution < -0.4 is 20.1 Å². The number of thioether (sulfide) groups is 1. The fraction of sp³-hybridized carbons (Fsp3) is 0.314. The lowest BCUT2D eigenvalue weighted by molar-refractivity contribution is -0.137. The smallest absolute Gasteiger partial charge is 0.255 e. The molecule has 0 saturated carbocycles. The summed E-state index contributed by atoms with van der Waals surface area (Å²) in [4.78, 5) is 63.3. The predicted molar refractivity (Wildman–Crippen MR) is 189 cm³/mol. The largest absolute Gasteiger partial charge is 0.493 e. The highest BCUT2D eigenvalue weighted by molar-refractivity contribution is 8.00. The number of hydrogen-bond acceptors (Lipinski definition) is 10. The van der Waals surface area contributed by atoms with Crippen molar-refractivity contribution in [3.63, 3.8) is 0 Å². The van der Waals surface area contributed by atoms with Gasteiger partial charge in [-0.15, -0.1) is 11.8 Å². The van der Waals surface area contributed by atoms with Crippen LogP contribution >= 0.6 is 35.0 Å². The Morgan fingerprint density at radius 3 is 2.65 bits per heavy atom. The summed E-state index contributed by atoms with van der Waals surface area (Å²) in [5, 5.41) is 5.75. The zero-order chi connectivity index (χ0) is 35.8. The number of piperidine rings is 2. The van der Waals surface area contributed by atoms with Crippen LogP contribution in [0.1, 0.15) is 41.6 Å². The number of ether oxygens (including phenoxy) is 2. The van der Waals surface area contributed by atoms with Gasteiger partial charge in [-0.1, -0.05) is 29.3 Å². The second kappa shape index (κ2) is 14.5. The van der Waals surface area contributed by atoms with Crippen molar-refractivity contribution >= 4 is 81.0 Å². The van der Waals surface area contributed by atoms with Gasteiger partial charge in [-0.3, -0.25) is 24.5 Å². The minimum Gasteiger partial charge on any atom is -0.493 e. The van der Waals surface area contributed by atoms with Crippen LogP contribution in [0.5, 0.6) is 11.5 Å². The van der Waals surface area contributed by atoms with E-state index in [0.717, 1.165) is 10.5 Å². The Hall–Kier alpha value is -4.66. The molecule has 2 fully saturated rings. The highest BCUT2D eigenvalue weighted by Gasteiger charge is 2.40. The number of methoxy groups -OCH3 is 1. The number of anilines is 2. The van der Waals surface area contributed by atoms with E-state index in [9.17, 15) is 23.6 Å². The first-order chi connectivity index (χ1) is 24.6. The number of benzene rings is 3. The number of fused-ring (bicyclic) bond motifs is 2. The second-order valence-electron chi connectivity index (χ2n) is 12.3. The zero-order valence-electron chi connectivity index (χ0n) is 27.2. The van der Waals surface area contributed by atoms with E-state index in [0.29, 0.717) is 59.7 Å². The van der Waals surface area contributed by atoms with E-state index in [2.05, 4.69) is 20.6 Å². The van der Waals surface area contributed by atoms with Crippen LogP contribution in [0.15, 0.2) is 53.7 Å². The standard InChI is InChI=1S/C35H31Cl2FN6O6S/c1-49-26-14-24-20(33(40-17-39-24)41-23-6-5-22(36)31(37)32(23)38)13-27(26)50-18-9-11-43(12-10-18)30(46)16-51-28-4-2-3-19-21(28)15-44(35(19)48)25-7-8-29(45)42-34(25)47/h2-6,13-14,17-18,25H,7-12,15-16H2,1H3,(H,39,40,41)(H,42,45,47).